The second kappa shape index (κ2) is 13.4. The smallest absolute Gasteiger partial charge is 0.242 e. The van der Waals surface area contributed by atoms with Crippen LogP contribution < -0.4 is 21.7 Å². The van der Waals surface area contributed by atoms with E-state index >= 15 is 0 Å². The molecule has 6 rings (SSSR count). The minimum absolute atomic E-state index is 0.159. The normalized spacial score (nSPS) is 18.4. The van der Waals surface area contributed by atoms with Gasteiger partial charge in [-0.05, 0) is 47.9 Å². The number of unbranched alkanes of at least 4 members (excludes halogenated alkanes) is 1. The summed E-state index contributed by atoms with van der Waals surface area (Å²) in [6.07, 6.45) is 2.55. The van der Waals surface area contributed by atoms with Crippen LogP contribution in [-0.2, 0) is 30.0 Å². The van der Waals surface area contributed by atoms with Crippen molar-refractivity contribution < 1.29 is 19.2 Å². The summed E-state index contributed by atoms with van der Waals surface area (Å²) in [5, 5.41) is 0. The Morgan fingerprint density at radius 3 is 1.02 bits per heavy atom. The van der Waals surface area contributed by atoms with Crippen LogP contribution in [0.3, 0.4) is 0 Å². The second-order valence-corrected chi connectivity index (χ2v) is 12.2. The molecule has 0 aromatic heterocycles. The van der Waals surface area contributed by atoms with Crippen molar-refractivity contribution in [1.82, 2.24) is 21.7 Å². The second-order valence-electron chi connectivity index (χ2n) is 12.2. The molecule has 2 aliphatic rings. The van der Waals surface area contributed by atoms with Crippen molar-refractivity contribution in [3.8, 4) is 0 Å². The lowest BCUT2D eigenvalue weighted by Crippen LogP contribution is -2.43. The summed E-state index contributed by atoms with van der Waals surface area (Å²) in [5.74, 6) is -1.68. The number of nitrogens with one attached hydrogen (secondary N) is 4. The molecule has 4 aromatic rings. The summed E-state index contributed by atoms with van der Waals surface area (Å²) < 4.78 is 0. The first-order valence-electron chi connectivity index (χ1n) is 15.8. The fourth-order valence-electron chi connectivity index (χ4n) is 6.84. The zero-order valence-electron chi connectivity index (χ0n) is 25.6. The summed E-state index contributed by atoms with van der Waals surface area (Å²) in [5.41, 5.74) is 13.7. The van der Waals surface area contributed by atoms with Gasteiger partial charge in [0.15, 0.2) is 0 Å². The maximum atomic E-state index is 13.1. The third-order valence-electron chi connectivity index (χ3n) is 9.42. The van der Waals surface area contributed by atoms with Crippen LogP contribution in [0.2, 0.25) is 0 Å². The molecule has 234 valence electrons. The minimum Gasteiger partial charge on any atom is -0.273 e. The Morgan fingerprint density at radius 1 is 0.457 bits per heavy atom. The van der Waals surface area contributed by atoms with Crippen LogP contribution in [0.5, 0.6) is 0 Å². The molecular formula is C38H38N4O4. The molecule has 2 saturated carbocycles. The highest BCUT2D eigenvalue weighted by atomic mass is 16.2. The molecule has 4 N–H and O–H groups in total. The molecule has 2 fully saturated rings. The van der Waals surface area contributed by atoms with Crippen molar-refractivity contribution in [2.45, 2.75) is 49.4 Å². The molecule has 0 radical (unpaired) electrons. The number of hydrazine groups is 2. The van der Waals surface area contributed by atoms with Crippen LogP contribution >= 0.6 is 0 Å². The SMILES string of the molecule is O=C(CCCCC(=O)NNC(=O)C1CC1(c1ccccc1)c1ccccc1)NNC(=O)C1CC1(c1ccccc1)c1ccccc1. The Labute approximate surface area is 268 Å². The topological polar surface area (TPSA) is 116 Å². The van der Waals surface area contributed by atoms with Crippen LogP contribution in [0.15, 0.2) is 121 Å². The summed E-state index contributed by atoms with van der Waals surface area (Å²) in [6, 6.07) is 39.9. The first-order chi connectivity index (χ1) is 22.4. The molecule has 8 nitrogen and oxygen atoms in total. The summed E-state index contributed by atoms with van der Waals surface area (Å²) in [6.45, 7) is 0. The zero-order valence-corrected chi connectivity index (χ0v) is 25.6. The summed E-state index contributed by atoms with van der Waals surface area (Å²) in [4.78, 5) is 51.0. The lowest BCUT2D eigenvalue weighted by molar-refractivity contribution is -0.130. The first-order valence-corrected chi connectivity index (χ1v) is 15.8. The lowest BCUT2D eigenvalue weighted by atomic mass is 9.85. The number of benzene rings is 4. The van der Waals surface area contributed by atoms with Gasteiger partial charge in [0.2, 0.25) is 23.6 Å². The first kappa shape index (κ1) is 30.8. The van der Waals surface area contributed by atoms with E-state index in [0.29, 0.717) is 25.7 Å². The fraction of sp³-hybridized carbons (Fsp3) is 0.263. The maximum absolute atomic E-state index is 13.1. The van der Waals surface area contributed by atoms with Crippen molar-refractivity contribution in [3.63, 3.8) is 0 Å². The predicted molar refractivity (Wildman–Crippen MR) is 175 cm³/mol. The van der Waals surface area contributed by atoms with Crippen LogP contribution in [-0.4, -0.2) is 23.6 Å². The fourth-order valence-corrected chi connectivity index (χ4v) is 6.84. The highest BCUT2D eigenvalue weighted by molar-refractivity contribution is 5.89. The number of carbonyl (C=O) groups is 4. The molecule has 8 heteroatoms. The molecule has 0 aliphatic heterocycles. The van der Waals surface area contributed by atoms with E-state index in [0.717, 1.165) is 22.3 Å². The number of hydrogen-bond donors (Lipinski definition) is 4. The highest BCUT2D eigenvalue weighted by Crippen LogP contribution is 2.59. The van der Waals surface area contributed by atoms with Crippen LogP contribution in [0, 0.1) is 11.8 Å². The lowest BCUT2D eigenvalue weighted by Gasteiger charge is -2.19. The van der Waals surface area contributed by atoms with Gasteiger partial charge in [0, 0.05) is 23.7 Å². The van der Waals surface area contributed by atoms with Gasteiger partial charge in [-0.3, -0.25) is 40.9 Å². The third-order valence-corrected chi connectivity index (χ3v) is 9.42. The van der Waals surface area contributed by atoms with E-state index in [2.05, 4.69) is 21.7 Å². The van der Waals surface area contributed by atoms with E-state index in [9.17, 15) is 19.2 Å². The Morgan fingerprint density at radius 2 is 0.739 bits per heavy atom. The molecule has 0 heterocycles. The van der Waals surface area contributed by atoms with Gasteiger partial charge in [-0.15, -0.1) is 0 Å². The molecular weight excluding hydrogens is 576 g/mol. The van der Waals surface area contributed by atoms with E-state index in [1.165, 1.54) is 0 Å². The largest absolute Gasteiger partial charge is 0.273 e. The Bertz CT molecular complexity index is 1470. The molecule has 0 spiro atoms. The van der Waals surface area contributed by atoms with Gasteiger partial charge in [-0.25, -0.2) is 0 Å². The van der Waals surface area contributed by atoms with Gasteiger partial charge in [-0.2, -0.15) is 0 Å². The molecule has 0 bridgehead atoms. The van der Waals surface area contributed by atoms with Gasteiger partial charge >= 0.3 is 0 Å². The monoisotopic (exact) mass is 614 g/mol. The van der Waals surface area contributed by atoms with Crippen molar-refractivity contribution in [2.75, 3.05) is 0 Å². The third kappa shape index (κ3) is 6.29. The summed E-state index contributed by atoms with van der Waals surface area (Å²) >= 11 is 0. The number of rotatable bonds is 11. The number of carbonyl (C=O) groups excluding carboxylic acids is 4. The van der Waals surface area contributed by atoms with Crippen molar-refractivity contribution in [2.24, 2.45) is 11.8 Å². The van der Waals surface area contributed by atoms with E-state index in [-0.39, 0.29) is 48.3 Å². The summed E-state index contributed by atoms with van der Waals surface area (Å²) in [7, 11) is 0. The van der Waals surface area contributed by atoms with Crippen LogP contribution in [0.1, 0.15) is 60.8 Å². The number of amides is 4. The molecule has 2 aliphatic carbocycles. The minimum atomic E-state index is -0.412. The van der Waals surface area contributed by atoms with Gasteiger partial charge in [0.1, 0.15) is 0 Å². The van der Waals surface area contributed by atoms with E-state index < -0.39 is 10.8 Å². The van der Waals surface area contributed by atoms with E-state index in [1.54, 1.807) is 0 Å². The van der Waals surface area contributed by atoms with Gasteiger partial charge in [-0.1, -0.05) is 121 Å². The quantitative estimate of drug-likeness (QED) is 0.143. The maximum Gasteiger partial charge on any atom is 0.242 e. The average Bonchev–Trinajstić information content (AvgIpc) is 4.04. The average molecular weight is 615 g/mol. The Hall–Kier alpha value is -5.24. The van der Waals surface area contributed by atoms with Gasteiger partial charge < -0.3 is 0 Å². The molecule has 2 atom stereocenters. The Kier molecular flexibility index (Phi) is 8.97. The number of hydrogen-bond acceptors (Lipinski definition) is 4. The van der Waals surface area contributed by atoms with Gasteiger partial charge in [0.25, 0.3) is 0 Å². The molecule has 4 amide bonds. The van der Waals surface area contributed by atoms with E-state index in [1.807, 2.05) is 121 Å². The zero-order chi connectivity index (χ0) is 32.0. The van der Waals surface area contributed by atoms with Gasteiger partial charge in [0.05, 0.1) is 11.8 Å². The van der Waals surface area contributed by atoms with E-state index in [4.69, 9.17) is 0 Å². The van der Waals surface area contributed by atoms with Crippen molar-refractivity contribution in [1.29, 1.82) is 0 Å². The van der Waals surface area contributed by atoms with Crippen LogP contribution in [0.25, 0.3) is 0 Å². The molecule has 0 saturated heterocycles. The highest BCUT2D eigenvalue weighted by Gasteiger charge is 2.61. The standard InChI is InChI=1S/C38H38N4O4/c43-33(39-41-35(45)31-25-37(31,27-15-5-1-6-16-27)28-17-7-2-8-18-28)23-13-14-24-34(44)40-42-36(46)32-26-38(32,29-19-9-3-10-20-29)30-21-11-4-12-22-30/h1-12,15-22,31-32H,13-14,23-26H2,(H,39,43)(H,40,44)(H,41,45)(H,42,46). The predicted octanol–water partition coefficient (Wildman–Crippen LogP) is 4.85. The van der Waals surface area contributed by atoms with Crippen LogP contribution in [0.4, 0.5) is 0 Å². The van der Waals surface area contributed by atoms with Crippen molar-refractivity contribution in [3.05, 3.63) is 144 Å². The molecule has 46 heavy (non-hydrogen) atoms. The Balaban J connectivity index is 0.914. The molecule has 2 unspecified atom stereocenters. The molecule has 4 aromatic carbocycles. The van der Waals surface area contributed by atoms with Crippen molar-refractivity contribution >= 4 is 23.6 Å².